The van der Waals surface area contributed by atoms with E-state index in [1.807, 2.05) is 13.8 Å². The number of hydrazine groups is 2. The number of urea groups is 1. The van der Waals surface area contributed by atoms with Crippen LogP contribution in [0.25, 0.3) is 0 Å². The maximum atomic E-state index is 11.5. The molecule has 0 bridgehead atoms. The van der Waals surface area contributed by atoms with Crippen LogP contribution in [0.1, 0.15) is 33.1 Å². The fraction of sp³-hybridized carbons (Fsp3) is 0.800. The molecule has 6 nitrogen and oxygen atoms in total. The summed E-state index contributed by atoms with van der Waals surface area (Å²) in [5.41, 5.74) is 7.72. The van der Waals surface area contributed by atoms with Gasteiger partial charge in [-0.05, 0) is 12.8 Å². The molecule has 100 valence electrons. The van der Waals surface area contributed by atoms with Gasteiger partial charge in [0.15, 0.2) is 0 Å². The highest BCUT2D eigenvalue weighted by Gasteiger charge is 2.18. The number of nitrogens with zero attached hydrogens (tertiary/aromatic N) is 1. The van der Waals surface area contributed by atoms with Gasteiger partial charge in [-0.3, -0.25) is 15.2 Å². The molecule has 1 atom stereocenters. The molecule has 1 unspecified atom stereocenters. The summed E-state index contributed by atoms with van der Waals surface area (Å²) in [6.45, 7) is 5.34. The van der Waals surface area contributed by atoms with Crippen molar-refractivity contribution < 1.29 is 9.59 Å². The Labute approximate surface area is 108 Å². The Hall–Kier alpha value is -1.01. The quantitative estimate of drug-likeness (QED) is 0.660. The normalized spacial score (nSPS) is 16.0. The van der Waals surface area contributed by atoms with Crippen molar-refractivity contribution in [3.05, 3.63) is 0 Å². The van der Waals surface area contributed by atoms with Crippen molar-refractivity contribution in [3.63, 3.8) is 0 Å². The fourth-order valence-corrected chi connectivity index (χ4v) is 1.57. The van der Waals surface area contributed by atoms with E-state index in [1.54, 1.807) is 0 Å². The van der Waals surface area contributed by atoms with Crippen molar-refractivity contribution in [1.82, 2.24) is 21.3 Å². The Kier molecular flexibility index (Phi) is 7.65. The third kappa shape index (κ3) is 5.23. The van der Waals surface area contributed by atoms with Crippen LogP contribution in [0.2, 0.25) is 0 Å². The molecule has 0 spiro atoms. The lowest BCUT2D eigenvalue weighted by atomic mass is 10.1. The first kappa shape index (κ1) is 16.0. The molecule has 1 saturated heterocycles. The molecule has 0 aromatic carbocycles. The van der Waals surface area contributed by atoms with Crippen LogP contribution >= 0.6 is 12.4 Å². The molecule has 1 heterocycles. The van der Waals surface area contributed by atoms with Crippen molar-refractivity contribution in [2.24, 2.45) is 5.92 Å². The molecule has 7 heteroatoms. The molecular formula is C10H21ClN4O2. The molecule has 0 aromatic heterocycles. The number of hydrogen-bond donors (Lipinski definition) is 3. The SMILES string of the molecule is CCCC(C)C(=O)NNC(=O)N1CCCN1.Cl. The Bertz CT molecular complexity index is 257. The molecule has 0 aliphatic carbocycles. The third-order valence-electron chi connectivity index (χ3n) is 2.57. The summed E-state index contributed by atoms with van der Waals surface area (Å²) in [5.74, 6) is -0.216. The van der Waals surface area contributed by atoms with Crippen LogP contribution in [0.4, 0.5) is 4.79 Å². The molecule has 0 aromatic rings. The zero-order valence-electron chi connectivity index (χ0n) is 10.3. The van der Waals surface area contributed by atoms with Gasteiger partial charge in [0.25, 0.3) is 0 Å². The minimum Gasteiger partial charge on any atom is -0.273 e. The van der Waals surface area contributed by atoms with Gasteiger partial charge in [0.2, 0.25) is 5.91 Å². The summed E-state index contributed by atoms with van der Waals surface area (Å²) in [6, 6.07) is -0.311. The number of amides is 3. The minimum atomic E-state index is -0.311. The number of carbonyl (C=O) groups excluding carboxylic acids is 2. The first-order valence-corrected chi connectivity index (χ1v) is 5.76. The summed E-state index contributed by atoms with van der Waals surface area (Å²) in [5, 5.41) is 1.46. The second-order valence-electron chi connectivity index (χ2n) is 4.02. The van der Waals surface area contributed by atoms with Gasteiger partial charge >= 0.3 is 6.03 Å². The maximum absolute atomic E-state index is 11.5. The van der Waals surface area contributed by atoms with E-state index in [-0.39, 0.29) is 30.3 Å². The molecular weight excluding hydrogens is 244 g/mol. The van der Waals surface area contributed by atoms with Gasteiger partial charge in [0.05, 0.1) is 0 Å². The topological polar surface area (TPSA) is 73.5 Å². The average Bonchev–Trinajstić information content (AvgIpc) is 2.79. The predicted octanol–water partition coefficient (Wildman–Crippen LogP) is 0.795. The van der Waals surface area contributed by atoms with Crippen LogP contribution in [0, 0.1) is 5.92 Å². The van der Waals surface area contributed by atoms with E-state index in [2.05, 4.69) is 16.3 Å². The van der Waals surface area contributed by atoms with E-state index >= 15 is 0 Å². The van der Waals surface area contributed by atoms with Crippen LogP contribution in [0.5, 0.6) is 0 Å². The highest BCUT2D eigenvalue weighted by molar-refractivity contribution is 5.85. The number of carbonyl (C=O) groups is 2. The van der Waals surface area contributed by atoms with Crippen molar-refractivity contribution in [3.8, 4) is 0 Å². The van der Waals surface area contributed by atoms with Crippen LogP contribution < -0.4 is 16.3 Å². The zero-order chi connectivity index (χ0) is 12.0. The van der Waals surface area contributed by atoms with Crippen LogP contribution in [0.3, 0.4) is 0 Å². The van der Waals surface area contributed by atoms with Crippen LogP contribution in [-0.2, 0) is 4.79 Å². The molecule has 17 heavy (non-hydrogen) atoms. The van der Waals surface area contributed by atoms with Crippen molar-refractivity contribution in [2.45, 2.75) is 33.1 Å². The molecule has 0 radical (unpaired) electrons. The third-order valence-corrected chi connectivity index (χ3v) is 2.57. The Morgan fingerprint density at radius 2 is 2.12 bits per heavy atom. The molecule has 1 rings (SSSR count). The summed E-state index contributed by atoms with van der Waals surface area (Å²) in [7, 11) is 0. The molecule has 3 N–H and O–H groups in total. The lowest BCUT2D eigenvalue weighted by Crippen LogP contribution is -2.52. The summed E-state index contributed by atoms with van der Waals surface area (Å²) < 4.78 is 0. The smallest absolute Gasteiger partial charge is 0.273 e. The van der Waals surface area contributed by atoms with E-state index in [1.165, 1.54) is 5.01 Å². The van der Waals surface area contributed by atoms with Gasteiger partial charge in [-0.25, -0.2) is 15.6 Å². The molecule has 3 amide bonds. The van der Waals surface area contributed by atoms with E-state index in [0.29, 0.717) is 6.54 Å². The maximum Gasteiger partial charge on any atom is 0.350 e. The van der Waals surface area contributed by atoms with Crippen molar-refractivity contribution >= 4 is 24.3 Å². The summed E-state index contributed by atoms with van der Waals surface area (Å²) in [4.78, 5) is 23.0. The van der Waals surface area contributed by atoms with Gasteiger partial charge in [0, 0.05) is 19.0 Å². The van der Waals surface area contributed by atoms with E-state index in [4.69, 9.17) is 0 Å². The van der Waals surface area contributed by atoms with Gasteiger partial charge < -0.3 is 0 Å². The van der Waals surface area contributed by atoms with Gasteiger partial charge in [-0.2, -0.15) is 0 Å². The lowest BCUT2D eigenvalue weighted by Gasteiger charge is -2.18. The molecule has 0 saturated carbocycles. The summed E-state index contributed by atoms with van der Waals surface area (Å²) in [6.07, 6.45) is 2.72. The minimum absolute atomic E-state index is 0. The van der Waals surface area contributed by atoms with E-state index in [0.717, 1.165) is 25.8 Å². The summed E-state index contributed by atoms with van der Waals surface area (Å²) >= 11 is 0. The second kappa shape index (κ2) is 8.14. The lowest BCUT2D eigenvalue weighted by molar-refractivity contribution is -0.125. The van der Waals surface area contributed by atoms with Crippen LogP contribution in [0.15, 0.2) is 0 Å². The Balaban J connectivity index is 0.00000256. The number of rotatable bonds is 3. The molecule has 1 aliphatic heterocycles. The van der Waals surface area contributed by atoms with Crippen molar-refractivity contribution in [2.75, 3.05) is 13.1 Å². The molecule has 1 aliphatic rings. The monoisotopic (exact) mass is 264 g/mol. The number of nitrogens with one attached hydrogen (secondary N) is 3. The standard InChI is InChI=1S/C10H20N4O2.ClH/c1-3-5-8(2)9(15)12-13-10(16)14-7-4-6-11-14;/h8,11H,3-7H2,1-2H3,(H,12,15)(H,13,16);1H. The predicted molar refractivity (Wildman–Crippen MR) is 67.3 cm³/mol. The number of halogens is 1. The largest absolute Gasteiger partial charge is 0.350 e. The first-order valence-electron chi connectivity index (χ1n) is 5.76. The van der Waals surface area contributed by atoms with Gasteiger partial charge in [0.1, 0.15) is 0 Å². The van der Waals surface area contributed by atoms with E-state index < -0.39 is 0 Å². The van der Waals surface area contributed by atoms with E-state index in [9.17, 15) is 9.59 Å². The fourth-order valence-electron chi connectivity index (χ4n) is 1.57. The highest BCUT2D eigenvalue weighted by atomic mass is 35.5. The Morgan fingerprint density at radius 1 is 1.41 bits per heavy atom. The first-order chi connectivity index (χ1) is 7.65. The molecule has 1 fully saturated rings. The average molecular weight is 265 g/mol. The Morgan fingerprint density at radius 3 is 2.65 bits per heavy atom. The van der Waals surface area contributed by atoms with Gasteiger partial charge in [-0.1, -0.05) is 20.3 Å². The van der Waals surface area contributed by atoms with Gasteiger partial charge in [-0.15, -0.1) is 12.4 Å². The second-order valence-corrected chi connectivity index (χ2v) is 4.02. The number of hydrogen-bond acceptors (Lipinski definition) is 3. The van der Waals surface area contributed by atoms with Crippen molar-refractivity contribution in [1.29, 1.82) is 0 Å². The zero-order valence-corrected chi connectivity index (χ0v) is 11.1. The van der Waals surface area contributed by atoms with Crippen LogP contribution in [-0.4, -0.2) is 30.0 Å². The highest BCUT2D eigenvalue weighted by Crippen LogP contribution is 2.03.